The van der Waals surface area contributed by atoms with Crippen molar-refractivity contribution in [1.29, 1.82) is 0 Å². The van der Waals surface area contributed by atoms with Gasteiger partial charge in [-0.15, -0.1) is 11.3 Å². The van der Waals surface area contributed by atoms with Crippen molar-refractivity contribution >= 4 is 22.0 Å². The minimum atomic E-state index is -0.464. The molecule has 0 aliphatic rings. The highest BCUT2D eigenvalue weighted by atomic mass is 32.1. The number of rotatable bonds is 3. The summed E-state index contributed by atoms with van der Waals surface area (Å²) >= 11 is 1.36. The summed E-state index contributed by atoms with van der Waals surface area (Å²) in [4.78, 5) is 15.4. The van der Waals surface area contributed by atoms with Crippen LogP contribution >= 0.6 is 11.3 Å². The molecular weight excluding hydrogens is 292 g/mol. The Balaban J connectivity index is 2.00. The van der Waals surface area contributed by atoms with Gasteiger partial charge in [-0.05, 0) is 18.6 Å². The van der Waals surface area contributed by atoms with E-state index in [0.29, 0.717) is 22.3 Å². The highest BCUT2D eigenvalue weighted by Gasteiger charge is 2.16. The van der Waals surface area contributed by atoms with Crippen LogP contribution in [0.3, 0.4) is 0 Å². The van der Waals surface area contributed by atoms with Crippen LogP contribution in [0.1, 0.15) is 5.56 Å². The van der Waals surface area contributed by atoms with Gasteiger partial charge in [0.2, 0.25) is 5.82 Å². The summed E-state index contributed by atoms with van der Waals surface area (Å²) in [5.41, 5.74) is 7.20. The first kappa shape index (κ1) is 13.3. The van der Waals surface area contributed by atoms with Gasteiger partial charge >= 0.3 is 0 Å². The Morgan fingerprint density at radius 2 is 2.19 bits per heavy atom. The van der Waals surface area contributed by atoms with Crippen molar-refractivity contribution in [2.75, 3.05) is 5.73 Å². The molecule has 3 aromatic rings. The van der Waals surface area contributed by atoms with Crippen molar-refractivity contribution in [2.24, 2.45) is 0 Å². The molecule has 2 heterocycles. The molecule has 0 aliphatic carbocycles. The molecule has 0 unspecified atom stereocenters. The van der Waals surface area contributed by atoms with Gasteiger partial charge < -0.3 is 10.3 Å². The van der Waals surface area contributed by atoms with Crippen LogP contribution in [0.25, 0.3) is 22.2 Å². The van der Waals surface area contributed by atoms with Crippen LogP contribution in [0.5, 0.6) is 0 Å². The van der Waals surface area contributed by atoms with Gasteiger partial charge in [0.1, 0.15) is 0 Å². The number of anilines is 1. The number of aromatic nitrogens is 2. The molecule has 0 radical (unpaired) electrons. The number of aryl methyl sites for hydroxylation is 1. The molecule has 0 amide bonds. The lowest BCUT2D eigenvalue weighted by atomic mass is 10.2. The molecule has 3 rings (SSSR count). The van der Waals surface area contributed by atoms with Gasteiger partial charge in [-0.25, -0.2) is 0 Å². The first-order valence-electron chi connectivity index (χ1n) is 5.99. The average Bonchev–Trinajstić information content (AvgIpc) is 3.05. The van der Waals surface area contributed by atoms with Crippen molar-refractivity contribution in [3.8, 4) is 22.2 Å². The molecule has 106 valence electrons. The summed E-state index contributed by atoms with van der Waals surface area (Å²) < 4.78 is 5.22. The number of nitrogen functional groups attached to an aromatic ring is 1. The predicted octanol–water partition coefficient (Wildman–Crippen LogP) is 3.26. The van der Waals surface area contributed by atoms with E-state index in [-0.39, 0.29) is 5.69 Å². The third-order valence-electron chi connectivity index (χ3n) is 2.87. The summed E-state index contributed by atoms with van der Waals surface area (Å²) in [6.07, 6.45) is 0. The number of hydrogen-bond donors (Lipinski definition) is 1. The van der Waals surface area contributed by atoms with Gasteiger partial charge in [0.25, 0.3) is 11.6 Å². The van der Waals surface area contributed by atoms with Gasteiger partial charge in [-0.1, -0.05) is 17.3 Å². The molecule has 2 N–H and O–H groups in total. The van der Waals surface area contributed by atoms with Crippen LogP contribution < -0.4 is 5.73 Å². The highest BCUT2D eigenvalue weighted by Crippen LogP contribution is 2.33. The number of nitro groups is 1. The van der Waals surface area contributed by atoms with Crippen LogP contribution in [0, 0.1) is 17.0 Å². The lowest BCUT2D eigenvalue weighted by Gasteiger charge is -1.94. The molecule has 0 bridgehead atoms. The molecule has 0 saturated carbocycles. The Bertz CT molecular complexity index is 824. The smallest absolute Gasteiger partial charge is 0.270 e. The topological polar surface area (TPSA) is 108 Å². The van der Waals surface area contributed by atoms with E-state index >= 15 is 0 Å². The van der Waals surface area contributed by atoms with E-state index in [1.54, 1.807) is 12.1 Å². The van der Waals surface area contributed by atoms with Crippen LogP contribution in [0.4, 0.5) is 10.7 Å². The van der Waals surface area contributed by atoms with E-state index in [4.69, 9.17) is 10.3 Å². The Hall–Kier alpha value is -2.74. The zero-order valence-corrected chi connectivity index (χ0v) is 11.8. The SMILES string of the molecule is Cc1cc(N)sc1-c1nc(-c2cccc([N+](=O)[O-])c2)no1. The lowest BCUT2D eigenvalue weighted by molar-refractivity contribution is -0.384. The molecule has 7 nitrogen and oxygen atoms in total. The van der Waals surface area contributed by atoms with Gasteiger partial charge in [-0.2, -0.15) is 4.98 Å². The van der Waals surface area contributed by atoms with Gasteiger partial charge in [-0.3, -0.25) is 10.1 Å². The Morgan fingerprint density at radius 3 is 2.86 bits per heavy atom. The molecule has 0 fully saturated rings. The first-order valence-corrected chi connectivity index (χ1v) is 6.81. The number of nitrogens with zero attached hydrogens (tertiary/aromatic N) is 3. The highest BCUT2D eigenvalue weighted by molar-refractivity contribution is 7.19. The summed E-state index contributed by atoms with van der Waals surface area (Å²) in [6, 6.07) is 7.92. The fourth-order valence-electron chi connectivity index (χ4n) is 1.91. The average molecular weight is 302 g/mol. The van der Waals surface area contributed by atoms with Gasteiger partial charge in [0.05, 0.1) is 14.8 Å². The second-order valence-corrected chi connectivity index (χ2v) is 5.48. The number of nitrogens with two attached hydrogens (primary N) is 1. The van der Waals surface area contributed by atoms with Gasteiger partial charge in [0, 0.05) is 17.7 Å². The molecule has 0 saturated heterocycles. The van der Waals surface area contributed by atoms with Crippen molar-refractivity contribution in [1.82, 2.24) is 10.1 Å². The maximum Gasteiger partial charge on any atom is 0.270 e. The Morgan fingerprint density at radius 1 is 1.38 bits per heavy atom. The number of thiophene rings is 1. The second kappa shape index (κ2) is 4.98. The lowest BCUT2D eigenvalue weighted by Crippen LogP contribution is -1.88. The zero-order valence-electron chi connectivity index (χ0n) is 10.9. The fourth-order valence-corrected chi connectivity index (χ4v) is 2.77. The van der Waals surface area contributed by atoms with E-state index in [1.165, 1.54) is 23.5 Å². The molecule has 1 aromatic carbocycles. The van der Waals surface area contributed by atoms with Crippen LogP contribution in [0.15, 0.2) is 34.9 Å². The monoisotopic (exact) mass is 302 g/mol. The Labute approximate surface area is 123 Å². The fraction of sp³-hybridized carbons (Fsp3) is 0.0769. The quantitative estimate of drug-likeness (QED) is 0.587. The molecule has 0 atom stereocenters. The van der Waals surface area contributed by atoms with Crippen LogP contribution in [-0.4, -0.2) is 15.1 Å². The molecule has 0 aliphatic heterocycles. The number of benzene rings is 1. The molecular formula is C13H10N4O3S. The number of nitro benzene ring substituents is 1. The van der Waals surface area contributed by atoms with Crippen LogP contribution in [0.2, 0.25) is 0 Å². The summed E-state index contributed by atoms with van der Waals surface area (Å²) in [5, 5.41) is 15.3. The predicted molar refractivity (Wildman–Crippen MR) is 78.9 cm³/mol. The van der Waals surface area contributed by atoms with E-state index in [1.807, 2.05) is 13.0 Å². The van der Waals surface area contributed by atoms with Crippen molar-refractivity contribution in [3.63, 3.8) is 0 Å². The minimum Gasteiger partial charge on any atom is -0.391 e. The third kappa shape index (κ3) is 2.48. The summed E-state index contributed by atoms with van der Waals surface area (Å²) in [7, 11) is 0. The standard InChI is InChI=1S/C13H10N4O3S/c1-7-5-10(14)21-11(7)13-15-12(16-20-13)8-3-2-4-9(6-8)17(18)19/h2-6H,14H2,1H3. The molecule has 8 heteroatoms. The maximum atomic E-state index is 10.8. The largest absolute Gasteiger partial charge is 0.391 e. The van der Waals surface area contributed by atoms with Crippen molar-refractivity contribution in [2.45, 2.75) is 6.92 Å². The van der Waals surface area contributed by atoms with E-state index in [0.717, 1.165) is 10.4 Å². The minimum absolute atomic E-state index is 0.0181. The Kier molecular flexibility index (Phi) is 3.15. The normalized spacial score (nSPS) is 10.7. The zero-order chi connectivity index (χ0) is 15.0. The van der Waals surface area contributed by atoms with Crippen molar-refractivity contribution in [3.05, 3.63) is 46.0 Å². The van der Waals surface area contributed by atoms with E-state index in [2.05, 4.69) is 10.1 Å². The summed E-state index contributed by atoms with van der Waals surface area (Å²) in [5.74, 6) is 0.663. The third-order valence-corrected chi connectivity index (χ3v) is 3.93. The second-order valence-electron chi connectivity index (χ2n) is 4.39. The first-order chi connectivity index (χ1) is 10.0. The molecule has 21 heavy (non-hydrogen) atoms. The van der Waals surface area contributed by atoms with E-state index in [9.17, 15) is 10.1 Å². The maximum absolute atomic E-state index is 10.8. The summed E-state index contributed by atoms with van der Waals surface area (Å²) in [6.45, 7) is 1.90. The number of non-ortho nitro benzene ring substituents is 1. The van der Waals surface area contributed by atoms with Gasteiger partial charge in [0.15, 0.2) is 0 Å². The van der Waals surface area contributed by atoms with E-state index < -0.39 is 4.92 Å². The molecule has 0 spiro atoms. The number of hydrogen-bond acceptors (Lipinski definition) is 7. The van der Waals surface area contributed by atoms with Crippen molar-refractivity contribution < 1.29 is 9.45 Å². The van der Waals surface area contributed by atoms with Crippen LogP contribution in [-0.2, 0) is 0 Å². The molecule has 2 aromatic heterocycles.